The van der Waals surface area contributed by atoms with Crippen LogP contribution in [-0.4, -0.2) is 76.1 Å². The minimum atomic E-state index is 0.528. The van der Waals surface area contributed by atoms with E-state index in [1.807, 2.05) is 12.1 Å². The van der Waals surface area contributed by atoms with Crippen molar-refractivity contribution >= 4 is 11.5 Å². The summed E-state index contributed by atoms with van der Waals surface area (Å²) < 4.78 is 6.67. The Kier molecular flexibility index (Phi) is 4.26. The molecule has 0 spiro atoms. The number of nitrogens with zero attached hydrogens (tertiary/aromatic N) is 7. The van der Waals surface area contributed by atoms with Gasteiger partial charge in [-0.2, -0.15) is 0 Å². The van der Waals surface area contributed by atoms with Gasteiger partial charge in [-0.05, 0) is 29.0 Å². The molecule has 3 heterocycles. The average molecular weight is 291 g/mol. The van der Waals surface area contributed by atoms with Gasteiger partial charge in [-0.15, -0.1) is 14.8 Å². The first-order valence-electron chi connectivity index (χ1n) is 7.35. The first-order chi connectivity index (χ1) is 10.3. The van der Waals surface area contributed by atoms with Gasteiger partial charge in [-0.3, -0.25) is 4.90 Å². The van der Waals surface area contributed by atoms with Crippen molar-refractivity contribution in [2.24, 2.45) is 0 Å². The van der Waals surface area contributed by atoms with Crippen LogP contribution in [0.25, 0.3) is 5.65 Å². The first kappa shape index (κ1) is 14.2. The fourth-order valence-electron chi connectivity index (χ4n) is 2.80. The summed E-state index contributed by atoms with van der Waals surface area (Å²) >= 11 is 0. The molecule has 2 aromatic heterocycles. The summed E-state index contributed by atoms with van der Waals surface area (Å²) in [5.41, 5.74) is 0.671. The van der Waals surface area contributed by atoms with Crippen LogP contribution in [0.3, 0.4) is 0 Å². The predicted molar refractivity (Wildman–Crippen MR) is 78.3 cm³/mol. The van der Waals surface area contributed by atoms with Crippen LogP contribution >= 0.6 is 0 Å². The van der Waals surface area contributed by atoms with E-state index in [4.69, 9.17) is 4.74 Å². The molecule has 0 saturated carbocycles. The molecule has 1 aliphatic heterocycles. The molecule has 0 unspecified atom stereocenters. The number of hydrogen-bond donors (Lipinski definition) is 0. The molecular formula is C13H21N7O. The van der Waals surface area contributed by atoms with E-state index < -0.39 is 0 Å². The van der Waals surface area contributed by atoms with Crippen LogP contribution in [0.1, 0.15) is 13.3 Å². The van der Waals surface area contributed by atoms with Gasteiger partial charge in [0.2, 0.25) is 0 Å². The summed E-state index contributed by atoms with van der Waals surface area (Å²) in [5.74, 6) is 0.930. The maximum atomic E-state index is 5.20. The second-order valence-corrected chi connectivity index (χ2v) is 5.25. The Balaban J connectivity index is 1.72. The summed E-state index contributed by atoms with van der Waals surface area (Å²) in [7, 11) is 1.75. The zero-order valence-electron chi connectivity index (χ0n) is 12.5. The van der Waals surface area contributed by atoms with Crippen molar-refractivity contribution in [3.05, 3.63) is 12.1 Å². The lowest BCUT2D eigenvalue weighted by atomic mass is 10.1. The quantitative estimate of drug-likeness (QED) is 0.771. The molecule has 2 aromatic rings. The molecule has 0 amide bonds. The van der Waals surface area contributed by atoms with Gasteiger partial charge in [0.05, 0.1) is 6.61 Å². The van der Waals surface area contributed by atoms with Crippen LogP contribution in [0.15, 0.2) is 12.1 Å². The van der Waals surface area contributed by atoms with Gasteiger partial charge in [0.1, 0.15) is 0 Å². The highest BCUT2D eigenvalue weighted by molar-refractivity contribution is 5.44. The minimum absolute atomic E-state index is 0.528. The molecule has 3 rings (SSSR count). The normalized spacial score (nSPS) is 20.3. The summed E-state index contributed by atoms with van der Waals surface area (Å²) in [6, 6.07) is 4.42. The van der Waals surface area contributed by atoms with E-state index in [0.717, 1.165) is 45.0 Å². The van der Waals surface area contributed by atoms with Crippen molar-refractivity contribution in [1.82, 2.24) is 30.2 Å². The maximum absolute atomic E-state index is 5.20. The lowest BCUT2D eigenvalue weighted by molar-refractivity contribution is 0.109. The van der Waals surface area contributed by atoms with E-state index in [9.17, 15) is 0 Å². The van der Waals surface area contributed by atoms with E-state index in [1.54, 1.807) is 7.11 Å². The number of piperazine rings is 1. The molecule has 1 aliphatic rings. The molecular weight excluding hydrogens is 270 g/mol. The van der Waals surface area contributed by atoms with Crippen LogP contribution in [0.5, 0.6) is 0 Å². The Bertz CT molecular complexity index is 587. The van der Waals surface area contributed by atoms with E-state index in [1.165, 1.54) is 4.63 Å². The fraction of sp³-hybridized carbons (Fsp3) is 0.692. The summed E-state index contributed by atoms with van der Waals surface area (Å²) in [4.78, 5) is 4.80. The van der Waals surface area contributed by atoms with E-state index in [2.05, 4.69) is 37.3 Å². The number of aromatic nitrogens is 5. The second-order valence-electron chi connectivity index (χ2n) is 5.25. The van der Waals surface area contributed by atoms with Crippen molar-refractivity contribution in [1.29, 1.82) is 0 Å². The van der Waals surface area contributed by atoms with Crippen LogP contribution < -0.4 is 4.90 Å². The lowest BCUT2D eigenvalue weighted by Crippen LogP contribution is -2.54. The maximum Gasteiger partial charge on any atom is 0.200 e. The molecule has 0 N–H and O–H groups in total. The Labute approximate surface area is 123 Å². The molecule has 8 heteroatoms. The molecule has 21 heavy (non-hydrogen) atoms. The number of tetrazole rings is 1. The summed E-state index contributed by atoms with van der Waals surface area (Å²) in [6.45, 7) is 6.96. The molecule has 0 radical (unpaired) electrons. The molecule has 0 bridgehead atoms. The van der Waals surface area contributed by atoms with Gasteiger partial charge >= 0.3 is 0 Å². The minimum Gasteiger partial charge on any atom is -0.383 e. The van der Waals surface area contributed by atoms with Crippen LogP contribution in [0.2, 0.25) is 0 Å². The first-order valence-corrected chi connectivity index (χ1v) is 7.35. The van der Waals surface area contributed by atoms with Gasteiger partial charge < -0.3 is 9.64 Å². The smallest absolute Gasteiger partial charge is 0.200 e. The number of anilines is 1. The topological polar surface area (TPSA) is 71.7 Å². The fourth-order valence-corrected chi connectivity index (χ4v) is 2.80. The zero-order chi connectivity index (χ0) is 14.7. The summed E-state index contributed by atoms with van der Waals surface area (Å²) in [6.07, 6.45) is 1.12. The number of fused-ring (bicyclic) bond motifs is 1. The predicted octanol–water partition coefficient (Wildman–Crippen LogP) is 0.0663. The lowest BCUT2D eigenvalue weighted by Gasteiger charge is -2.41. The molecule has 1 saturated heterocycles. The SMILES string of the molecule is CC[C@H]1CN(c2ccc3nnnn3n2)CCN1CCOC. The van der Waals surface area contributed by atoms with Gasteiger partial charge in [-0.1, -0.05) is 6.92 Å². The van der Waals surface area contributed by atoms with Gasteiger partial charge in [0.25, 0.3) is 0 Å². The second kappa shape index (κ2) is 6.31. The Morgan fingerprint density at radius 1 is 1.33 bits per heavy atom. The van der Waals surface area contributed by atoms with Gasteiger partial charge in [0, 0.05) is 39.3 Å². The Morgan fingerprint density at radius 3 is 3.05 bits per heavy atom. The monoisotopic (exact) mass is 291 g/mol. The highest BCUT2D eigenvalue weighted by Crippen LogP contribution is 2.18. The average Bonchev–Trinajstić information content (AvgIpc) is 3.00. The standard InChI is InChI=1S/C13H21N7O/c1-3-11-10-19(7-6-18(11)8-9-21-2)13-5-4-12-14-16-17-20(12)15-13/h4-5,11H,3,6-10H2,1-2H3/t11-/m0/s1. The van der Waals surface area contributed by atoms with Crippen LogP contribution in [-0.2, 0) is 4.74 Å². The number of rotatable bonds is 5. The highest BCUT2D eigenvalue weighted by atomic mass is 16.5. The largest absolute Gasteiger partial charge is 0.383 e. The number of methoxy groups -OCH3 is 1. The number of ether oxygens (including phenoxy) is 1. The Hall–Kier alpha value is -1.80. The van der Waals surface area contributed by atoms with Crippen molar-refractivity contribution in [2.45, 2.75) is 19.4 Å². The number of hydrogen-bond acceptors (Lipinski definition) is 7. The molecule has 1 atom stereocenters. The Morgan fingerprint density at radius 2 is 2.24 bits per heavy atom. The molecule has 114 valence electrons. The van der Waals surface area contributed by atoms with E-state index in [0.29, 0.717) is 11.7 Å². The van der Waals surface area contributed by atoms with Crippen LogP contribution in [0.4, 0.5) is 5.82 Å². The summed E-state index contributed by atoms with van der Waals surface area (Å²) in [5, 5.41) is 15.8. The van der Waals surface area contributed by atoms with Crippen molar-refractivity contribution < 1.29 is 4.74 Å². The van der Waals surface area contributed by atoms with Crippen molar-refractivity contribution in [3.63, 3.8) is 0 Å². The van der Waals surface area contributed by atoms with E-state index >= 15 is 0 Å². The molecule has 0 aromatic carbocycles. The third-order valence-electron chi connectivity index (χ3n) is 4.04. The van der Waals surface area contributed by atoms with Crippen LogP contribution in [0, 0.1) is 0 Å². The third-order valence-corrected chi connectivity index (χ3v) is 4.04. The highest BCUT2D eigenvalue weighted by Gasteiger charge is 2.26. The third kappa shape index (κ3) is 2.96. The van der Waals surface area contributed by atoms with Crippen molar-refractivity contribution in [2.75, 3.05) is 44.8 Å². The molecule has 1 fully saturated rings. The molecule has 0 aliphatic carbocycles. The van der Waals surface area contributed by atoms with Gasteiger partial charge in [0.15, 0.2) is 11.5 Å². The molecule has 8 nitrogen and oxygen atoms in total. The van der Waals surface area contributed by atoms with E-state index in [-0.39, 0.29) is 0 Å². The van der Waals surface area contributed by atoms with Gasteiger partial charge in [-0.25, -0.2) is 0 Å². The zero-order valence-corrected chi connectivity index (χ0v) is 12.5. The van der Waals surface area contributed by atoms with Crippen molar-refractivity contribution in [3.8, 4) is 0 Å².